The Labute approximate surface area is 44.1 Å². The maximum Gasteiger partial charge on any atom is 0.176 e. The van der Waals surface area contributed by atoms with E-state index in [0.29, 0.717) is 6.04 Å². The normalized spacial score (nSPS) is 12.1. The molecule has 2 heteroatoms. The summed E-state index contributed by atoms with van der Waals surface area (Å²) in [7, 11) is 0. The molecule has 0 saturated heterocycles. The fourth-order valence-corrected chi connectivity index (χ4v) is 0.212. The van der Waals surface area contributed by atoms with Crippen LogP contribution in [0.1, 0.15) is 20.3 Å². The number of rotatable bonds is 2. The van der Waals surface area contributed by atoms with Crippen LogP contribution >= 0.6 is 0 Å². The van der Waals surface area contributed by atoms with Crippen molar-refractivity contribution in [2.75, 3.05) is 0 Å². The van der Waals surface area contributed by atoms with Crippen molar-refractivity contribution in [2.24, 2.45) is 0 Å². The summed E-state index contributed by atoms with van der Waals surface area (Å²) in [6.07, 6.45) is 2.88. The van der Waals surface area contributed by atoms with Gasteiger partial charge in [-0.05, 0) is 13.3 Å². The highest BCUT2D eigenvalue weighted by atomic mass is 14.9. The molecule has 0 aromatic heterocycles. The molecule has 40 valence electrons. The maximum absolute atomic E-state index is 8.01. The van der Waals surface area contributed by atoms with Crippen molar-refractivity contribution < 1.29 is 0 Å². The topological polar surface area (TPSA) is 35.8 Å². The maximum atomic E-state index is 8.01. The quantitative estimate of drug-likeness (QED) is 0.410. The van der Waals surface area contributed by atoms with Gasteiger partial charge in [-0.2, -0.15) is 5.26 Å². The number of nitrogens with one attached hydrogen (secondary N) is 1. The monoisotopic (exact) mass is 98.1 g/mol. The minimum absolute atomic E-state index is 0.338. The highest BCUT2D eigenvalue weighted by Crippen LogP contribution is 1.83. The lowest BCUT2D eigenvalue weighted by Gasteiger charge is -2.01. The van der Waals surface area contributed by atoms with Crippen molar-refractivity contribution in [3.05, 3.63) is 0 Å². The van der Waals surface area contributed by atoms with Gasteiger partial charge in [-0.25, -0.2) is 0 Å². The standard InChI is InChI=1S/C5H10N2/c1-3-5(2)7-4-6/h5,7H,3H2,1-2H3. The van der Waals surface area contributed by atoms with Crippen LogP contribution in [0.5, 0.6) is 0 Å². The van der Waals surface area contributed by atoms with Crippen LogP contribution in [0.15, 0.2) is 0 Å². The molecule has 7 heavy (non-hydrogen) atoms. The number of hydrogen-bond acceptors (Lipinski definition) is 2. The Morgan fingerprint density at radius 3 is 2.57 bits per heavy atom. The highest BCUT2D eigenvalue weighted by Gasteiger charge is 1.89. The predicted molar refractivity (Wildman–Crippen MR) is 28.5 cm³/mol. The van der Waals surface area contributed by atoms with E-state index in [-0.39, 0.29) is 0 Å². The second-order valence-corrected chi connectivity index (χ2v) is 1.57. The van der Waals surface area contributed by atoms with Crippen LogP contribution in [0.2, 0.25) is 0 Å². The first kappa shape index (κ1) is 6.29. The van der Waals surface area contributed by atoms with Gasteiger partial charge < -0.3 is 5.32 Å². The first-order valence-electron chi connectivity index (χ1n) is 2.45. The van der Waals surface area contributed by atoms with E-state index in [1.807, 2.05) is 20.0 Å². The van der Waals surface area contributed by atoms with Crippen LogP contribution in [-0.4, -0.2) is 6.04 Å². The predicted octanol–water partition coefficient (Wildman–Crippen LogP) is 0.856. The molecular weight excluding hydrogens is 88.1 g/mol. The lowest BCUT2D eigenvalue weighted by Crippen LogP contribution is -2.18. The zero-order valence-electron chi connectivity index (χ0n) is 4.73. The molecule has 0 aliphatic carbocycles. The molecule has 0 amide bonds. The summed E-state index contributed by atoms with van der Waals surface area (Å²) in [6, 6.07) is 0.338. The van der Waals surface area contributed by atoms with Crippen LogP contribution in [0.25, 0.3) is 0 Å². The molecule has 0 spiro atoms. The first-order chi connectivity index (χ1) is 3.31. The van der Waals surface area contributed by atoms with Crippen molar-refractivity contribution in [1.82, 2.24) is 5.32 Å². The van der Waals surface area contributed by atoms with Crippen molar-refractivity contribution >= 4 is 0 Å². The van der Waals surface area contributed by atoms with Gasteiger partial charge in [0, 0.05) is 6.04 Å². The first-order valence-corrected chi connectivity index (χ1v) is 2.45. The minimum Gasteiger partial charge on any atom is -0.321 e. The molecule has 0 aromatic carbocycles. The molecule has 1 atom stereocenters. The van der Waals surface area contributed by atoms with Crippen molar-refractivity contribution in [3.63, 3.8) is 0 Å². The lowest BCUT2D eigenvalue weighted by molar-refractivity contribution is 0.627. The van der Waals surface area contributed by atoms with E-state index in [0.717, 1.165) is 6.42 Å². The zero-order valence-corrected chi connectivity index (χ0v) is 4.73. The van der Waals surface area contributed by atoms with Gasteiger partial charge in [0.2, 0.25) is 0 Å². The van der Waals surface area contributed by atoms with Gasteiger partial charge in [0.15, 0.2) is 6.19 Å². The molecule has 0 radical (unpaired) electrons. The molecule has 0 fully saturated rings. The Morgan fingerprint density at radius 2 is 2.43 bits per heavy atom. The summed E-state index contributed by atoms with van der Waals surface area (Å²) in [4.78, 5) is 0. The van der Waals surface area contributed by atoms with Gasteiger partial charge in [0.05, 0.1) is 0 Å². The lowest BCUT2D eigenvalue weighted by atomic mass is 10.3. The van der Waals surface area contributed by atoms with E-state index < -0.39 is 0 Å². The summed E-state index contributed by atoms with van der Waals surface area (Å²) < 4.78 is 0. The third-order valence-corrected chi connectivity index (χ3v) is 0.923. The van der Waals surface area contributed by atoms with Crippen LogP contribution in [-0.2, 0) is 0 Å². The van der Waals surface area contributed by atoms with E-state index in [1.165, 1.54) is 0 Å². The largest absolute Gasteiger partial charge is 0.321 e. The van der Waals surface area contributed by atoms with Gasteiger partial charge in [0.25, 0.3) is 0 Å². The third-order valence-electron chi connectivity index (χ3n) is 0.923. The van der Waals surface area contributed by atoms with E-state index in [9.17, 15) is 0 Å². The van der Waals surface area contributed by atoms with Crippen LogP contribution < -0.4 is 5.32 Å². The van der Waals surface area contributed by atoms with E-state index >= 15 is 0 Å². The van der Waals surface area contributed by atoms with E-state index in [4.69, 9.17) is 5.26 Å². The molecule has 0 aliphatic rings. The molecule has 0 heterocycles. The molecule has 0 bridgehead atoms. The van der Waals surface area contributed by atoms with Crippen LogP contribution in [0, 0.1) is 11.5 Å². The molecule has 0 aromatic rings. The molecule has 0 aliphatic heterocycles. The second-order valence-electron chi connectivity index (χ2n) is 1.57. The summed E-state index contributed by atoms with van der Waals surface area (Å²) in [5.41, 5.74) is 0. The molecule has 1 N–H and O–H groups in total. The van der Waals surface area contributed by atoms with Crippen LogP contribution in [0.3, 0.4) is 0 Å². The summed E-state index contributed by atoms with van der Waals surface area (Å²) in [5.74, 6) is 0. The molecule has 0 saturated carbocycles. The molecular formula is C5H10N2. The summed E-state index contributed by atoms with van der Waals surface area (Å²) in [5, 5.41) is 10.6. The Kier molecular flexibility index (Phi) is 3.13. The summed E-state index contributed by atoms with van der Waals surface area (Å²) >= 11 is 0. The Balaban J connectivity index is 3.03. The highest BCUT2D eigenvalue weighted by molar-refractivity contribution is 4.70. The number of nitriles is 1. The fourth-order valence-electron chi connectivity index (χ4n) is 0.212. The van der Waals surface area contributed by atoms with Gasteiger partial charge in [-0.3, -0.25) is 0 Å². The van der Waals surface area contributed by atoms with Crippen LogP contribution in [0.4, 0.5) is 0 Å². The average molecular weight is 98.1 g/mol. The van der Waals surface area contributed by atoms with Crippen molar-refractivity contribution in [2.45, 2.75) is 26.3 Å². The average Bonchev–Trinajstić information content (AvgIpc) is 1.68. The summed E-state index contributed by atoms with van der Waals surface area (Å²) in [6.45, 7) is 4.01. The number of nitrogens with zero attached hydrogens (tertiary/aromatic N) is 1. The molecule has 1 unspecified atom stereocenters. The molecule has 0 rings (SSSR count). The van der Waals surface area contributed by atoms with Crippen molar-refractivity contribution in [3.8, 4) is 6.19 Å². The van der Waals surface area contributed by atoms with Gasteiger partial charge >= 0.3 is 0 Å². The van der Waals surface area contributed by atoms with Gasteiger partial charge in [0.1, 0.15) is 0 Å². The van der Waals surface area contributed by atoms with Crippen molar-refractivity contribution in [1.29, 1.82) is 5.26 Å². The smallest absolute Gasteiger partial charge is 0.176 e. The van der Waals surface area contributed by atoms with Gasteiger partial charge in [-0.15, -0.1) is 0 Å². The third kappa shape index (κ3) is 3.11. The molecule has 2 nitrogen and oxygen atoms in total. The van der Waals surface area contributed by atoms with Gasteiger partial charge in [-0.1, -0.05) is 6.92 Å². The van der Waals surface area contributed by atoms with E-state index in [2.05, 4.69) is 5.32 Å². The zero-order chi connectivity index (χ0) is 5.70. The fraction of sp³-hybridized carbons (Fsp3) is 0.800. The minimum atomic E-state index is 0.338. The Hall–Kier alpha value is -0.710. The second kappa shape index (κ2) is 3.48. The number of hydrogen-bond donors (Lipinski definition) is 1. The Morgan fingerprint density at radius 1 is 1.86 bits per heavy atom. The van der Waals surface area contributed by atoms with E-state index in [1.54, 1.807) is 0 Å². The SMILES string of the molecule is CCC(C)NC#N. The Bertz CT molecular complexity index is 72.6.